The average Bonchev–Trinajstić information content (AvgIpc) is 2.62. The topological polar surface area (TPSA) is 38.5 Å². The molecule has 2 atom stereocenters. The SMILES string of the molecule is Nc1cc(Cl)ccc1CN1CC2CCC(C1)O2. The number of anilines is 1. The van der Waals surface area contributed by atoms with Gasteiger partial charge in [0.15, 0.2) is 0 Å². The van der Waals surface area contributed by atoms with E-state index >= 15 is 0 Å². The van der Waals surface area contributed by atoms with Crippen LogP contribution in [0.2, 0.25) is 5.02 Å². The number of hydrogen-bond donors (Lipinski definition) is 1. The molecule has 3 nitrogen and oxygen atoms in total. The van der Waals surface area contributed by atoms with Crippen LogP contribution in [0.25, 0.3) is 0 Å². The molecule has 4 heteroatoms. The molecule has 2 unspecified atom stereocenters. The van der Waals surface area contributed by atoms with Gasteiger partial charge in [0, 0.05) is 30.3 Å². The Morgan fingerprint density at radius 3 is 2.65 bits per heavy atom. The van der Waals surface area contributed by atoms with Crippen molar-refractivity contribution >= 4 is 17.3 Å². The van der Waals surface area contributed by atoms with Crippen LogP contribution in [0.3, 0.4) is 0 Å². The zero-order valence-electron chi connectivity index (χ0n) is 9.73. The van der Waals surface area contributed by atoms with Crippen molar-refractivity contribution in [1.82, 2.24) is 4.90 Å². The monoisotopic (exact) mass is 252 g/mol. The Kier molecular flexibility index (Phi) is 2.99. The number of nitrogens with zero attached hydrogens (tertiary/aromatic N) is 1. The molecule has 2 heterocycles. The van der Waals surface area contributed by atoms with Crippen molar-refractivity contribution in [3.05, 3.63) is 28.8 Å². The van der Waals surface area contributed by atoms with E-state index in [0.717, 1.165) is 30.9 Å². The third-order valence-electron chi connectivity index (χ3n) is 3.62. The maximum atomic E-state index is 5.98. The fraction of sp³-hybridized carbons (Fsp3) is 0.538. The number of nitrogen functional groups attached to an aromatic ring is 1. The third kappa shape index (κ3) is 2.41. The molecule has 2 bridgehead atoms. The van der Waals surface area contributed by atoms with Gasteiger partial charge in [-0.3, -0.25) is 4.90 Å². The summed E-state index contributed by atoms with van der Waals surface area (Å²) >= 11 is 5.90. The highest BCUT2D eigenvalue weighted by atomic mass is 35.5. The summed E-state index contributed by atoms with van der Waals surface area (Å²) in [6.07, 6.45) is 3.28. The van der Waals surface area contributed by atoms with Crippen LogP contribution in [0.1, 0.15) is 18.4 Å². The zero-order valence-corrected chi connectivity index (χ0v) is 10.5. The number of morpholine rings is 1. The predicted octanol–water partition coefficient (Wildman–Crippen LogP) is 2.29. The van der Waals surface area contributed by atoms with Crippen LogP contribution in [0.15, 0.2) is 18.2 Å². The Balaban J connectivity index is 1.70. The molecule has 2 aliphatic heterocycles. The summed E-state index contributed by atoms with van der Waals surface area (Å²) in [5.74, 6) is 0. The van der Waals surface area contributed by atoms with Gasteiger partial charge in [0.05, 0.1) is 12.2 Å². The van der Waals surface area contributed by atoms with Gasteiger partial charge in [-0.15, -0.1) is 0 Å². The summed E-state index contributed by atoms with van der Waals surface area (Å²) in [6, 6.07) is 5.75. The van der Waals surface area contributed by atoms with Gasteiger partial charge in [0.25, 0.3) is 0 Å². The van der Waals surface area contributed by atoms with Gasteiger partial charge in [-0.2, -0.15) is 0 Å². The van der Waals surface area contributed by atoms with E-state index in [-0.39, 0.29) is 0 Å². The van der Waals surface area contributed by atoms with Crippen molar-refractivity contribution in [3.63, 3.8) is 0 Å². The van der Waals surface area contributed by atoms with E-state index in [4.69, 9.17) is 22.1 Å². The molecule has 0 radical (unpaired) electrons. The van der Waals surface area contributed by atoms with Crippen LogP contribution in [-0.4, -0.2) is 30.2 Å². The largest absolute Gasteiger partial charge is 0.398 e. The Hall–Kier alpha value is -0.770. The van der Waals surface area contributed by atoms with Crippen LogP contribution >= 0.6 is 11.6 Å². The zero-order chi connectivity index (χ0) is 11.8. The van der Waals surface area contributed by atoms with Gasteiger partial charge in [0.1, 0.15) is 0 Å². The Morgan fingerprint density at radius 1 is 1.29 bits per heavy atom. The minimum Gasteiger partial charge on any atom is -0.398 e. The molecule has 0 aromatic heterocycles. The first-order chi connectivity index (χ1) is 8.20. The molecule has 92 valence electrons. The summed E-state index contributed by atoms with van der Waals surface area (Å²) in [7, 11) is 0. The molecule has 3 rings (SSSR count). The normalized spacial score (nSPS) is 28.5. The third-order valence-corrected chi connectivity index (χ3v) is 3.86. The first-order valence-corrected chi connectivity index (χ1v) is 6.50. The first-order valence-electron chi connectivity index (χ1n) is 6.12. The van der Waals surface area contributed by atoms with Crippen molar-refractivity contribution in [2.75, 3.05) is 18.8 Å². The highest BCUT2D eigenvalue weighted by Gasteiger charge is 2.33. The van der Waals surface area contributed by atoms with E-state index in [9.17, 15) is 0 Å². The minimum atomic E-state index is 0.433. The van der Waals surface area contributed by atoms with Gasteiger partial charge in [-0.05, 0) is 30.5 Å². The van der Waals surface area contributed by atoms with E-state index in [2.05, 4.69) is 4.90 Å². The highest BCUT2D eigenvalue weighted by Crippen LogP contribution is 2.28. The quantitative estimate of drug-likeness (QED) is 0.821. The molecule has 0 spiro atoms. The molecule has 2 N–H and O–H groups in total. The number of likely N-dealkylation sites (tertiary alicyclic amines) is 1. The smallest absolute Gasteiger partial charge is 0.0707 e. The highest BCUT2D eigenvalue weighted by molar-refractivity contribution is 6.30. The number of halogens is 1. The maximum absolute atomic E-state index is 5.98. The summed E-state index contributed by atoms with van der Waals surface area (Å²) in [6.45, 7) is 2.95. The summed E-state index contributed by atoms with van der Waals surface area (Å²) in [5, 5.41) is 0.702. The fourth-order valence-electron chi connectivity index (χ4n) is 2.78. The Labute approximate surface area is 106 Å². The lowest BCUT2D eigenvalue weighted by Gasteiger charge is -2.32. The van der Waals surface area contributed by atoms with Crippen molar-refractivity contribution in [2.24, 2.45) is 0 Å². The van der Waals surface area contributed by atoms with Crippen molar-refractivity contribution in [3.8, 4) is 0 Å². The number of fused-ring (bicyclic) bond motifs is 2. The molecule has 1 aromatic rings. The van der Waals surface area contributed by atoms with Gasteiger partial charge < -0.3 is 10.5 Å². The number of ether oxygens (including phenoxy) is 1. The van der Waals surface area contributed by atoms with Gasteiger partial charge in [0.2, 0.25) is 0 Å². The molecule has 2 aliphatic rings. The molecule has 2 saturated heterocycles. The molecular formula is C13H17ClN2O. The standard InChI is InChI=1S/C13H17ClN2O/c14-10-2-1-9(13(15)5-10)6-16-7-11-3-4-12(8-16)17-11/h1-2,5,11-12H,3-4,6-8,15H2. The molecule has 0 amide bonds. The molecule has 0 aliphatic carbocycles. The van der Waals surface area contributed by atoms with Gasteiger partial charge in [-0.1, -0.05) is 17.7 Å². The summed E-state index contributed by atoms with van der Waals surface area (Å²) in [5.41, 5.74) is 7.93. The molecular weight excluding hydrogens is 236 g/mol. The van der Waals surface area contributed by atoms with Gasteiger partial charge >= 0.3 is 0 Å². The van der Waals surface area contributed by atoms with Crippen LogP contribution in [-0.2, 0) is 11.3 Å². The van der Waals surface area contributed by atoms with Crippen molar-refractivity contribution in [2.45, 2.75) is 31.6 Å². The first kappa shape index (κ1) is 11.3. The number of hydrogen-bond acceptors (Lipinski definition) is 3. The number of nitrogens with two attached hydrogens (primary N) is 1. The van der Waals surface area contributed by atoms with E-state index in [1.165, 1.54) is 12.8 Å². The van der Waals surface area contributed by atoms with Crippen LogP contribution in [0.4, 0.5) is 5.69 Å². The molecule has 17 heavy (non-hydrogen) atoms. The minimum absolute atomic E-state index is 0.433. The van der Waals surface area contributed by atoms with E-state index in [0.29, 0.717) is 17.2 Å². The fourth-order valence-corrected chi connectivity index (χ4v) is 2.96. The van der Waals surface area contributed by atoms with Gasteiger partial charge in [-0.25, -0.2) is 0 Å². The molecule has 2 fully saturated rings. The van der Waals surface area contributed by atoms with Crippen molar-refractivity contribution < 1.29 is 4.74 Å². The second kappa shape index (κ2) is 4.48. The average molecular weight is 253 g/mol. The number of rotatable bonds is 2. The second-order valence-electron chi connectivity index (χ2n) is 4.99. The number of benzene rings is 1. The van der Waals surface area contributed by atoms with Crippen LogP contribution in [0.5, 0.6) is 0 Å². The Morgan fingerprint density at radius 2 is 2.00 bits per heavy atom. The Bertz CT molecular complexity index is 412. The van der Waals surface area contributed by atoms with Crippen LogP contribution in [0, 0.1) is 0 Å². The van der Waals surface area contributed by atoms with E-state index < -0.39 is 0 Å². The summed E-state index contributed by atoms with van der Waals surface area (Å²) in [4.78, 5) is 2.44. The second-order valence-corrected chi connectivity index (χ2v) is 5.43. The predicted molar refractivity (Wildman–Crippen MR) is 69.0 cm³/mol. The lowest BCUT2D eigenvalue weighted by atomic mass is 10.1. The maximum Gasteiger partial charge on any atom is 0.0707 e. The van der Waals surface area contributed by atoms with Crippen molar-refractivity contribution in [1.29, 1.82) is 0 Å². The molecule has 0 saturated carbocycles. The van der Waals surface area contributed by atoms with E-state index in [1.807, 2.05) is 18.2 Å². The lowest BCUT2D eigenvalue weighted by molar-refractivity contribution is -0.0409. The summed E-state index contributed by atoms with van der Waals surface area (Å²) < 4.78 is 5.82. The molecule has 1 aromatic carbocycles. The van der Waals surface area contributed by atoms with E-state index in [1.54, 1.807) is 0 Å². The lowest BCUT2D eigenvalue weighted by Crippen LogP contribution is -2.42. The van der Waals surface area contributed by atoms with Crippen LogP contribution < -0.4 is 5.73 Å².